The summed E-state index contributed by atoms with van der Waals surface area (Å²) in [6.45, 7) is 5.47. The van der Waals surface area contributed by atoms with Crippen molar-refractivity contribution < 1.29 is 4.79 Å². The molecule has 0 aliphatic carbocycles. The fourth-order valence-electron chi connectivity index (χ4n) is 5.05. The van der Waals surface area contributed by atoms with Gasteiger partial charge in [-0.05, 0) is 54.1 Å². The summed E-state index contributed by atoms with van der Waals surface area (Å²) in [6.07, 6.45) is 3.90. The van der Waals surface area contributed by atoms with Crippen molar-refractivity contribution in [3.63, 3.8) is 0 Å². The second-order valence-corrected chi connectivity index (χ2v) is 10.1. The quantitative estimate of drug-likeness (QED) is 0.248. The summed E-state index contributed by atoms with van der Waals surface area (Å²) >= 11 is 0. The van der Waals surface area contributed by atoms with Gasteiger partial charge in [0.1, 0.15) is 5.65 Å². The number of fused-ring (bicyclic) bond motifs is 1. The highest BCUT2D eigenvalue weighted by Crippen LogP contribution is 2.32. The maximum atomic E-state index is 12.5. The number of hydrogen-bond acceptors (Lipinski definition) is 4. The van der Waals surface area contributed by atoms with E-state index in [9.17, 15) is 4.79 Å². The molecule has 3 heterocycles. The van der Waals surface area contributed by atoms with Crippen LogP contribution in [0.2, 0.25) is 0 Å². The molecule has 3 aromatic carbocycles. The van der Waals surface area contributed by atoms with E-state index in [1.807, 2.05) is 67.0 Å². The summed E-state index contributed by atoms with van der Waals surface area (Å²) in [5.74, 6) is 0. The third-order valence-electron chi connectivity index (χ3n) is 7.28. The molecule has 1 aliphatic rings. The van der Waals surface area contributed by atoms with E-state index >= 15 is 0 Å². The van der Waals surface area contributed by atoms with Gasteiger partial charge in [0.15, 0.2) is 0 Å². The van der Waals surface area contributed by atoms with Crippen LogP contribution >= 0.6 is 0 Å². The number of hydrogen-bond donors (Lipinski definition) is 3. The van der Waals surface area contributed by atoms with Crippen molar-refractivity contribution >= 4 is 28.4 Å². The largest absolute Gasteiger partial charge is 0.346 e. The Morgan fingerprint density at radius 3 is 2.36 bits per heavy atom. The highest BCUT2D eigenvalue weighted by atomic mass is 16.2. The van der Waals surface area contributed by atoms with E-state index in [0.717, 1.165) is 77.4 Å². The van der Waals surface area contributed by atoms with Gasteiger partial charge < -0.3 is 20.5 Å². The average Bonchev–Trinajstić information content (AvgIpc) is 3.39. The van der Waals surface area contributed by atoms with Crippen molar-refractivity contribution in [1.82, 2.24) is 19.8 Å². The highest BCUT2D eigenvalue weighted by Gasteiger charge is 2.14. The number of carbonyl (C=O) groups is 1. The van der Waals surface area contributed by atoms with Crippen LogP contribution < -0.4 is 10.6 Å². The molecule has 3 N–H and O–H groups in total. The lowest BCUT2D eigenvalue weighted by Gasteiger charge is -2.32. The topological polar surface area (TPSA) is 76.3 Å². The third kappa shape index (κ3) is 5.85. The van der Waals surface area contributed by atoms with Crippen LogP contribution in [0.5, 0.6) is 0 Å². The molecule has 0 saturated carbocycles. The van der Waals surface area contributed by atoms with Crippen LogP contribution in [0.15, 0.2) is 97.3 Å². The minimum atomic E-state index is -0.280. The molecular weight excluding hydrogens is 484 g/mol. The van der Waals surface area contributed by atoms with Gasteiger partial charge in [0.2, 0.25) is 0 Å². The number of benzene rings is 3. The molecule has 0 atom stereocenters. The van der Waals surface area contributed by atoms with Gasteiger partial charge in [-0.15, -0.1) is 0 Å². The maximum Gasteiger partial charge on any atom is 0.323 e. The highest BCUT2D eigenvalue weighted by molar-refractivity contribution is 6.01. The van der Waals surface area contributed by atoms with Gasteiger partial charge in [-0.25, -0.2) is 9.78 Å². The van der Waals surface area contributed by atoms with Crippen LogP contribution in [0.4, 0.5) is 16.2 Å². The number of piperazine rings is 1. The fourth-order valence-corrected chi connectivity index (χ4v) is 5.05. The number of aromatic amines is 1. The van der Waals surface area contributed by atoms with Gasteiger partial charge in [-0.3, -0.25) is 4.90 Å². The van der Waals surface area contributed by atoms with Crippen molar-refractivity contribution in [2.45, 2.75) is 6.54 Å². The van der Waals surface area contributed by atoms with Crippen molar-refractivity contribution in [3.05, 3.63) is 103 Å². The summed E-state index contributed by atoms with van der Waals surface area (Å²) in [7, 11) is 2.19. The predicted molar refractivity (Wildman–Crippen MR) is 159 cm³/mol. The zero-order valence-electron chi connectivity index (χ0n) is 22.0. The predicted octanol–water partition coefficient (Wildman–Crippen LogP) is 6.29. The number of nitrogens with zero attached hydrogens (tertiary/aromatic N) is 3. The van der Waals surface area contributed by atoms with E-state index in [-0.39, 0.29) is 6.03 Å². The lowest BCUT2D eigenvalue weighted by atomic mass is 10.0. The molecule has 5 aromatic rings. The zero-order chi connectivity index (χ0) is 26.6. The summed E-state index contributed by atoms with van der Waals surface area (Å²) in [5.41, 5.74) is 7.89. The Bertz CT molecular complexity index is 1570. The van der Waals surface area contributed by atoms with Crippen molar-refractivity contribution in [2.75, 3.05) is 43.9 Å². The molecule has 2 amide bonds. The van der Waals surface area contributed by atoms with E-state index in [0.29, 0.717) is 0 Å². The number of nitrogens with one attached hydrogen (secondary N) is 3. The first kappa shape index (κ1) is 24.9. The minimum Gasteiger partial charge on any atom is -0.346 e. The number of likely N-dealkylation sites (N-methyl/N-ethyl adjacent to an activating group) is 1. The smallest absolute Gasteiger partial charge is 0.323 e. The van der Waals surface area contributed by atoms with Crippen LogP contribution in [0.25, 0.3) is 33.3 Å². The summed E-state index contributed by atoms with van der Waals surface area (Å²) in [4.78, 5) is 25.4. The number of urea groups is 1. The normalized spacial score (nSPS) is 14.4. The molecule has 0 spiro atoms. The molecule has 0 radical (unpaired) electrons. The molecule has 1 aliphatic heterocycles. The van der Waals surface area contributed by atoms with Gasteiger partial charge in [-0.1, -0.05) is 54.6 Å². The Balaban J connectivity index is 1.19. The fraction of sp³-hybridized carbons (Fsp3) is 0.188. The van der Waals surface area contributed by atoms with Gasteiger partial charge in [-0.2, -0.15) is 0 Å². The summed E-state index contributed by atoms with van der Waals surface area (Å²) in [6, 6.07) is 28.0. The molecule has 0 bridgehead atoms. The minimum absolute atomic E-state index is 0.280. The first-order chi connectivity index (χ1) is 19.1. The molecular formula is C32H32N6O. The lowest BCUT2D eigenvalue weighted by Crippen LogP contribution is -2.43. The van der Waals surface area contributed by atoms with Gasteiger partial charge in [0.25, 0.3) is 0 Å². The second-order valence-electron chi connectivity index (χ2n) is 10.1. The van der Waals surface area contributed by atoms with E-state index in [2.05, 4.69) is 62.8 Å². The Hall–Kier alpha value is -4.46. The van der Waals surface area contributed by atoms with Crippen LogP contribution in [0, 0.1) is 0 Å². The molecule has 196 valence electrons. The van der Waals surface area contributed by atoms with Crippen molar-refractivity contribution in [2.24, 2.45) is 0 Å². The Labute approximate surface area is 228 Å². The first-order valence-electron chi connectivity index (χ1n) is 13.3. The lowest BCUT2D eigenvalue weighted by molar-refractivity contribution is 0.148. The first-order valence-corrected chi connectivity index (χ1v) is 13.3. The van der Waals surface area contributed by atoms with Crippen molar-refractivity contribution in [1.29, 1.82) is 0 Å². The number of aromatic nitrogens is 2. The van der Waals surface area contributed by atoms with Crippen LogP contribution in [0.3, 0.4) is 0 Å². The SMILES string of the molecule is CN1CCN(Cc2ccc(-c3cnc4[nH]cc(-c5cccc(NC(=O)Nc6ccccc6)c5)c4c3)cc2)CC1. The molecule has 1 saturated heterocycles. The average molecular weight is 517 g/mol. The Kier molecular flexibility index (Phi) is 7.08. The van der Waals surface area contributed by atoms with Crippen LogP contribution in [0.1, 0.15) is 5.56 Å². The maximum absolute atomic E-state index is 12.5. The Morgan fingerprint density at radius 2 is 1.56 bits per heavy atom. The van der Waals surface area contributed by atoms with Crippen LogP contribution in [-0.4, -0.2) is 59.0 Å². The van der Waals surface area contributed by atoms with E-state index in [4.69, 9.17) is 4.98 Å². The molecule has 1 fully saturated rings. The van der Waals surface area contributed by atoms with Gasteiger partial charge in [0, 0.05) is 73.0 Å². The van der Waals surface area contributed by atoms with Crippen molar-refractivity contribution in [3.8, 4) is 22.3 Å². The molecule has 6 rings (SSSR count). The third-order valence-corrected chi connectivity index (χ3v) is 7.28. The number of carbonyl (C=O) groups excluding carboxylic acids is 1. The van der Waals surface area contributed by atoms with E-state index in [1.54, 1.807) is 0 Å². The molecule has 0 unspecified atom stereocenters. The van der Waals surface area contributed by atoms with Crippen LogP contribution in [-0.2, 0) is 6.54 Å². The van der Waals surface area contributed by atoms with E-state index < -0.39 is 0 Å². The van der Waals surface area contributed by atoms with E-state index in [1.165, 1.54) is 5.56 Å². The standard InChI is InChI=1S/C32H32N6O/c1-37-14-16-38(17-15-37)22-23-10-12-24(13-11-23)26-19-29-30(21-34-31(29)33-20-26)25-6-5-9-28(18-25)36-32(39)35-27-7-3-2-4-8-27/h2-13,18-21H,14-17,22H2,1H3,(H,33,34)(H2,35,36,39). The number of H-pyrrole nitrogens is 1. The van der Waals surface area contributed by atoms with Gasteiger partial charge >= 0.3 is 6.03 Å². The number of para-hydroxylation sites is 1. The monoisotopic (exact) mass is 516 g/mol. The number of pyridine rings is 1. The Morgan fingerprint density at radius 1 is 0.821 bits per heavy atom. The van der Waals surface area contributed by atoms with Gasteiger partial charge in [0.05, 0.1) is 0 Å². The number of rotatable bonds is 6. The summed E-state index contributed by atoms with van der Waals surface area (Å²) < 4.78 is 0. The second kappa shape index (κ2) is 11.1. The number of anilines is 2. The molecule has 7 nitrogen and oxygen atoms in total. The molecule has 2 aromatic heterocycles. The molecule has 39 heavy (non-hydrogen) atoms. The molecule has 7 heteroatoms. The summed E-state index contributed by atoms with van der Waals surface area (Å²) in [5, 5.41) is 6.83. The number of amides is 2. The zero-order valence-corrected chi connectivity index (χ0v) is 22.0.